The highest BCUT2D eigenvalue weighted by molar-refractivity contribution is 6.16. The minimum Gasteiger partial charge on any atom is -1.00 e. The summed E-state index contributed by atoms with van der Waals surface area (Å²) in [5.41, 5.74) is 0. The van der Waals surface area contributed by atoms with Gasteiger partial charge < -0.3 is 21.5 Å². The van der Waals surface area contributed by atoms with E-state index >= 15 is 0 Å². The maximum Gasteiger partial charge on any atom is 0.154 e. The molecule has 0 aliphatic carbocycles. The Kier molecular flexibility index (Phi) is 16.5. The predicted octanol–water partition coefficient (Wildman–Crippen LogP) is 2.18. The van der Waals surface area contributed by atoms with Gasteiger partial charge in [0.05, 0.1) is 19.6 Å². The van der Waals surface area contributed by atoms with E-state index in [-0.39, 0.29) is 17.0 Å². The van der Waals surface area contributed by atoms with Gasteiger partial charge in [-0.2, -0.15) is 0 Å². The molecule has 0 aromatic heterocycles. The number of rotatable bonds is 12. The number of nitrogens with zero attached hydrogens (tertiary/aromatic N) is 1. The average Bonchev–Trinajstić information content (AvgIpc) is 2.36. The van der Waals surface area contributed by atoms with Crippen LogP contribution in [0, 0.1) is 0 Å². The monoisotopic (exact) mass is 341 g/mol. The summed E-state index contributed by atoms with van der Waals surface area (Å²) in [5.74, 6) is 0. The van der Waals surface area contributed by atoms with Crippen molar-refractivity contribution in [3.05, 3.63) is 0 Å². The molecule has 1 nitrogen and oxygen atoms in total. The largest absolute Gasteiger partial charge is 1.00 e. The lowest BCUT2D eigenvalue weighted by atomic mass is 10.1. The van der Waals surface area contributed by atoms with Gasteiger partial charge in [0.1, 0.15) is 0 Å². The summed E-state index contributed by atoms with van der Waals surface area (Å²) < 4.78 is 1.16. The van der Waals surface area contributed by atoms with Gasteiger partial charge in [0.2, 0.25) is 0 Å². The predicted molar refractivity (Wildman–Crippen MR) is 79.5 cm³/mol. The Morgan fingerprint density at radius 1 is 0.667 bits per heavy atom. The summed E-state index contributed by atoms with van der Waals surface area (Å²) in [6, 6.07) is 0.813. The topological polar surface area (TPSA) is 0 Å². The van der Waals surface area contributed by atoms with Crippen LogP contribution in [0.25, 0.3) is 0 Å². The van der Waals surface area contributed by atoms with Gasteiger partial charge in [0.25, 0.3) is 0 Å². The fourth-order valence-corrected chi connectivity index (χ4v) is 2.76. The molecule has 0 saturated heterocycles. The van der Waals surface area contributed by atoms with E-state index in [2.05, 4.69) is 20.8 Å². The molecule has 0 atom stereocenters. The molecule has 0 rings (SSSR count). The molecular formula is C15H33BrClN. The summed E-state index contributed by atoms with van der Waals surface area (Å²) >= 11 is 6.29. The van der Waals surface area contributed by atoms with Crippen LogP contribution >= 0.6 is 11.6 Å². The van der Waals surface area contributed by atoms with Crippen molar-refractivity contribution in [3.8, 4) is 0 Å². The van der Waals surface area contributed by atoms with E-state index < -0.39 is 0 Å². The van der Waals surface area contributed by atoms with Crippen molar-refractivity contribution in [1.82, 2.24) is 0 Å². The number of halogens is 2. The maximum absolute atomic E-state index is 6.29. The number of unbranched alkanes of at least 4 members (excludes halogenated alkanes) is 5. The third-order valence-corrected chi connectivity index (χ3v) is 4.22. The first-order chi connectivity index (χ1) is 8.24. The standard InChI is InChI=1S/C15H33ClN.BrH/c1-4-7-10-13-17(15-16,12-9-6-3)14-11-8-5-2;/h4-15H2,1-3H3;1H/q+1;/p-1. The second kappa shape index (κ2) is 14.1. The van der Waals surface area contributed by atoms with E-state index in [9.17, 15) is 0 Å². The third-order valence-electron chi connectivity index (χ3n) is 3.71. The Labute approximate surface area is 131 Å². The van der Waals surface area contributed by atoms with Crippen molar-refractivity contribution in [2.75, 3.05) is 25.6 Å². The fraction of sp³-hybridized carbons (Fsp3) is 1.00. The van der Waals surface area contributed by atoms with E-state index in [1.54, 1.807) is 0 Å². The number of alkyl halides is 1. The molecule has 0 aromatic carbocycles. The van der Waals surface area contributed by atoms with Crippen LogP contribution in [-0.2, 0) is 0 Å². The molecule has 0 saturated carbocycles. The normalized spacial score (nSPS) is 11.3. The zero-order chi connectivity index (χ0) is 13.0. The lowest BCUT2D eigenvalue weighted by molar-refractivity contribution is -0.918. The van der Waals surface area contributed by atoms with Gasteiger partial charge in [-0.25, -0.2) is 0 Å². The lowest BCUT2D eigenvalue weighted by Crippen LogP contribution is -3.00. The van der Waals surface area contributed by atoms with E-state index in [1.165, 1.54) is 71.0 Å². The van der Waals surface area contributed by atoms with Crippen LogP contribution in [0.1, 0.15) is 72.1 Å². The van der Waals surface area contributed by atoms with Crippen LogP contribution in [0.15, 0.2) is 0 Å². The SMILES string of the molecule is CCCCC[N+](CCl)(CCCC)CCCCC.[Br-]. The summed E-state index contributed by atoms with van der Waals surface area (Å²) in [4.78, 5) is 0. The van der Waals surface area contributed by atoms with Gasteiger partial charge in [-0.1, -0.05) is 51.6 Å². The number of hydrogen-bond donors (Lipinski definition) is 0. The van der Waals surface area contributed by atoms with Crippen molar-refractivity contribution in [2.24, 2.45) is 0 Å². The van der Waals surface area contributed by atoms with Crippen molar-refractivity contribution in [1.29, 1.82) is 0 Å². The van der Waals surface area contributed by atoms with Gasteiger partial charge in [-0.3, -0.25) is 0 Å². The van der Waals surface area contributed by atoms with Crippen LogP contribution in [0.3, 0.4) is 0 Å². The molecule has 0 N–H and O–H groups in total. The molecule has 0 aliphatic heterocycles. The fourth-order valence-electron chi connectivity index (χ4n) is 2.40. The third kappa shape index (κ3) is 9.63. The first-order valence-corrected chi connectivity index (χ1v) is 8.19. The number of hydrogen-bond acceptors (Lipinski definition) is 0. The zero-order valence-electron chi connectivity index (χ0n) is 12.7. The highest BCUT2D eigenvalue weighted by atomic mass is 79.9. The van der Waals surface area contributed by atoms with Crippen LogP contribution in [-0.4, -0.2) is 30.1 Å². The molecule has 0 aliphatic rings. The summed E-state index contributed by atoms with van der Waals surface area (Å²) in [5, 5.41) is 0. The summed E-state index contributed by atoms with van der Waals surface area (Å²) in [6.45, 7) is 10.7. The second-order valence-electron chi connectivity index (χ2n) is 5.40. The summed E-state index contributed by atoms with van der Waals surface area (Å²) in [6.07, 6.45) is 10.6. The maximum atomic E-state index is 6.29. The van der Waals surface area contributed by atoms with E-state index in [0.29, 0.717) is 0 Å². The highest BCUT2D eigenvalue weighted by Gasteiger charge is 2.24. The van der Waals surface area contributed by atoms with Gasteiger partial charge in [0, 0.05) is 0 Å². The van der Waals surface area contributed by atoms with Crippen molar-refractivity contribution < 1.29 is 21.5 Å². The Morgan fingerprint density at radius 3 is 1.39 bits per heavy atom. The average molecular weight is 343 g/mol. The zero-order valence-corrected chi connectivity index (χ0v) is 15.0. The van der Waals surface area contributed by atoms with Gasteiger partial charge in [-0.15, -0.1) is 0 Å². The van der Waals surface area contributed by atoms with Gasteiger partial charge in [0.15, 0.2) is 6.00 Å². The molecule has 0 spiro atoms. The molecule has 3 heteroatoms. The van der Waals surface area contributed by atoms with E-state index in [4.69, 9.17) is 11.6 Å². The van der Waals surface area contributed by atoms with Crippen molar-refractivity contribution in [2.45, 2.75) is 72.1 Å². The van der Waals surface area contributed by atoms with Crippen LogP contribution in [0.5, 0.6) is 0 Å². The van der Waals surface area contributed by atoms with Gasteiger partial charge in [-0.05, 0) is 32.1 Å². The van der Waals surface area contributed by atoms with Crippen molar-refractivity contribution >= 4 is 11.6 Å². The molecular weight excluding hydrogens is 310 g/mol. The minimum atomic E-state index is 0. The Bertz CT molecular complexity index is 155. The number of quaternary nitrogens is 1. The molecule has 18 heavy (non-hydrogen) atoms. The van der Waals surface area contributed by atoms with Crippen molar-refractivity contribution in [3.63, 3.8) is 0 Å². The summed E-state index contributed by atoms with van der Waals surface area (Å²) in [7, 11) is 0. The Balaban J connectivity index is 0. The molecule has 0 amide bonds. The Hall–Kier alpha value is 0.730. The second-order valence-corrected chi connectivity index (χ2v) is 5.64. The molecule has 112 valence electrons. The molecule has 0 heterocycles. The molecule has 0 fully saturated rings. The first-order valence-electron chi connectivity index (χ1n) is 7.65. The van der Waals surface area contributed by atoms with E-state index in [0.717, 1.165) is 10.5 Å². The molecule has 0 aromatic rings. The first kappa shape index (κ1) is 21.0. The molecule has 0 radical (unpaired) electrons. The van der Waals surface area contributed by atoms with Gasteiger partial charge >= 0.3 is 0 Å². The van der Waals surface area contributed by atoms with Crippen LogP contribution in [0.4, 0.5) is 0 Å². The molecule has 0 bridgehead atoms. The van der Waals surface area contributed by atoms with Crippen LogP contribution in [0.2, 0.25) is 0 Å². The highest BCUT2D eigenvalue weighted by Crippen LogP contribution is 2.16. The minimum absolute atomic E-state index is 0. The molecule has 0 unspecified atom stereocenters. The quantitative estimate of drug-likeness (QED) is 0.221. The smallest absolute Gasteiger partial charge is 0.154 e. The lowest BCUT2D eigenvalue weighted by Gasteiger charge is -2.37. The van der Waals surface area contributed by atoms with Crippen LogP contribution < -0.4 is 17.0 Å². The Morgan fingerprint density at radius 2 is 1.06 bits per heavy atom. The van der Waals surface area contributed by atoms with E-state index in [1.807, 2.05) is 0 Å².